The lowest BCUT2D eigenvalue weighted by molar-refractivity contribution is 0.0562. The molecule has 6 nitrogen and oxygen atoms in total. The summed E-state index contributed by atoms with van der Waals surface area (Å²) < 4.78 is 35.0. The Morgan fingerprint density at radius 3 is 2.24 bits per heavy atom. The summed E-state index contributed by atoms with van der Waals surface area (Å²) in [6.07, 6.45) is 3.44. The van der Waals surface area contributed by atoms with Crippen LogP contribution < -0.4 is 10.2 Å². The van der Waals surface area contributed by atoms with E-state index in [0.717, 1.165) is 24.0 Å². The Morgan fingerprint density at radius 2 is 1.65 bits per heavy atom. The molecule has 2 atom stereocenters. The van der Waals surface area contributed by atoms with Gasteiger partial charge in [0, 0.05) is 12.5 Å². The third kappa shape index (κ3) is 3.77. The van der Waals surface area contributed by atoms with Crippen molar-refractivity contribution in [3.05, 3.63) is 93.4 Å². The van der Waals surface area contributed by atoms with Crippen molar-refractivity contribution in [2.45, 2.75) is 44.2 Å². The van der Waals surface area contributed by atoms with E-state index >= 15 is 0 Å². The van der Waals surface area contributed by atoms with Crippen LogP contribution in [0.25, 0.3) is 0 Å². The Morgan fingerprint density at radius 1 is 1.03 bits per heavy atom. The molecule has 8 heteroatoms. The Balaban J connectivity index is 1.74. The van der Waals surface area contributed by atoms with Crippen LogP contribution >= 0.6 is 0 Å². The number of aromatic nitrogens is 2. The highest BCUT2D eigenvalue weighted by atomic mass is 19.1. The van der Waals surface area contributed by atoms with Gasteiger partial charge in [-0.2, -0.15) is 5.10 Å². The summed E-state index contributed by atoms with van der Waals surface area (Å²) in [7, 11) is 0. The standard InChI is InChI=1S/C26H25F2N3O3/c1-2-14-34-25-21(32)15-29-31-23(20-4-3-13-30(20)26(33)24(25)31)22(16-5-9-18(27)10-6-16)17-7-11-19(28)12-8-17/h5-12,15,20,22-23H,2-4,13-14H2,1H3/t20-,23-/m1/s1. The normalized spacial score (nSPS) is 19.3. The average Bonchev–Trinajstić information content (AvgIpc) is 3.33. The van der Waals surface area contributed by atoms with Gasteiger partial charge in [0.05, 0.1) is 24.9 Å². The predicted molar refractivity (Wildman–Crippen MR) is 122 cm³/mol. The minimum atomic E-state index is -0.440. The fourth-order valence-corrected chi connectivity index (χ4v) is 5.21. The average molecular weight is 466 g/mol. The zero-order valence-electron chi connectivity index (χ0n) is 18.8. The van der Waals surface area contributed by atoms with Gasteiger partial charge in [-0.25, -0.2) is 8.78 Å². The van der Waals surface area contributed by atoms with E-state index in [0.29, 0.717) is 19.6 Å². The molecule has 1 saturated heterocycles. The molecule has 0 aliphatic carbocycles. The highest BCUT2D eigenvalue weighted by molar-refractivity contribution is 5.96. The van der Waals surface area contributed by atoms with Crippen molar-refractivity contribution in [3.8, 4) is 5.75 Å². The number of hydrogen-bond donors (Lipinski definition) is 0. The third-order valence-electron chi connectivity index (χ3n) is 6.66. The van der Waals surface area contributed by atoms with E-state index in [1.54, 1.807) is 33.8 Å². The molecule has 1 aromatic heterocycles. The molecule has 0 unspecified atom stereocenters. The monoisotopic (exact) mass is 465 g/mol. The maximum Gasteiger partial charge on any atom is 0.276 e. The first kappa shape index (κ1) is 22.3. The van der Waals surface area contributed by atoms with E-state index in [9.17, 15) is 18.4 Å². The van der Waals surface area contributed by atoms with Crippen LogP contribution in [0.1, 0.15) is 59.8 Å². The van der Waals surface area contributed by atoms with Crippen molar-refractivity contribution in [3.63, 3.8) is 0 Å². The van der Waals surface area contributed by atoms with E-state index in [2.05, 4.69) is 5.10 Å². The highest BCUT2D eigenvalue weighted by Crippen LogP contribution is 2.45. The Hall–Kier alpha value is -3.55. The quantitative estimate of drug-likeness (QED) is 0.545. The minimum Gasteiger partial charge on any atom is -0.487 e. The number of carbonyl (C=O) groups is 1. The molecular formula is C26H25F2N3O3. The lowest BCUT2D eigenvalue weighted by Gasteiger charge is -2.42. The number of halogens is 2. The first-order valence-electron chi connectivity index (χ1n) is 11.6. The van der Waals surface area contributed by atoms with Crippen LogP contribution in [-0.4, -0.2) is 39.8 Å². The first-order valence-corrected chi connectivity index (χ1v) is 11.6. The van der Waals surface area contributed by atoms with Gasteiger partial charge in [-0.15, -0.1) is 0 Å². The van der Waals surface area contributed by atoms with Gasteiger partial charge in [0.2, 0.25) is 5.43 Å². The van der Waals surface area contributed by atoms with Crippen molar-refractivity contribution < 1.29 is 18.3 Å². The SMILES string of the molecule is CCCOc1c2n(ncc1=O)[C@@H](C(c1ccc(F)cc1)c1ccc(F)cc1)[C@H]1CCCN1C2=O. The van der Waals surface area contributed by atoms with E-state index in [1.807, 2.05) is 6.92 Å². The Bertz CT molecular complexity index is 1210. The molecule has 0 N–H and O–H groups in total. The molecule has 2 aliphatic rings. The number of amides is 1. The summed E-state index contributed by atoms with van der Waals surface area (Å²) in [4.78, 5) is 28.0. The van der Waals surface area contributed by atoms with Crippen molar-refractivity contribution in [1.82, 2.24) is 14.7 Å². The van der Waals surface area contributed by atoms with Crippen LogP contribution in [0.5, 0.6) is 5.75 Å². The number of ether oxygens (including phenoxy) is 1. The topological polar surface area (TPSA) is 64.4 Å². The van der Waals surface area contributed by atoms with Crippen LogP contribution in [0, 0.1) is 11.6 Å². The summed E-state index contributed by atoms with van der Waals surface area (Å²) >= 11 is 0. The van der Waals surface area contributed by atoms with Crippen LogP contribution in [0.2, 0.25) is 0 Å². The smallest absolute Gasteiger partial charge is 0.276 e. The summed E-state index contributed by atoms with van der Waals surface area (Å²) in [5, 5.41) is 4.42. The highest BCUT2D eigenvalue weighted by Gasteiger charge is 2.48. The molecule has 2 aromatic carbocycles. The largest absolute Gasteiger partial charge is 0.487 e. The first-order chi connectivity index (χ1) is 16.5. The third-order valence-corrected chi connectivity index (χ3v) is 6.66. The van der Waals surface area contributed by atoms with Gasteiger partial charge in [0.1, 0.15) is 11.6 Å². The lowest BCUT2D eigenvalue weighted by Crippen LogP contribution is -2.51. The summed E-state index contributed by atoms with van der Waals surface area (Å²) in [5.74, 6) is -1.35. The second-order valence-corrected chi connectivity index (χ2v) is 8.76. The molecule has 0 bridgehead atoms. The van der Waals surface area contributed by atoms with E-state index in [1.165, 1.54) is 30.5 Å². The van der Waals surface area contributed by atoms with Crippen LogP contribution in [0.15, 0.2) is 59.5 Å². The van der Waals surface area contributed by atoms with Gasteiger partial charge in [0.15, 0.2) is 11.4 Å². The van der Waals surface area contributed by atoms with Gasteiger partial charge in [-0.3, -0.25) is 14.3 Å². The van der Waals surface area contributed by atoms with Crippen molar-refractivity contribution in [2.75, 3.05) is 13.2 Å². The maximum atomic E-state index is 13.8. The second-order valence-electron chi connectivity index (χ2n) is 8.76. The molecule has 1 fully saturated rings. The van der Waals surface area contributed by atoms with Crippen molar-refractivity contribution in [1.29, 1.82) is 0 Å². The molecular weight excluding hydrogens is 440 g/mol. The maximum absolute atomic E-state index is 13.8. The molecule has 3 aromatic rings. The van der Waals surface area contributed by atoms with Gasteiger partial charge >= 0.3 is 0 Å². The Labute approximate surface area is 195 Å². The number of nitrogens with zero attached hydrogens (tertiary/aromatic N) is 3. The molecule has 3 heterocycles. The molecule has 2 aliphatic heterocycles. The van der Waals surface area contributed by atoms with Crippen molar-refractivity contribution >= 4 is 5.91 Å². The van der Waals surface area contributed by atoms with E-state index < -0.39 is 11.5 Å². The second kappa shape index (κ2) is 9.00. The minimum absolute atomic E-state index is 0.00848. The van der Waals surface area contributed by atoms with Crippen LogP contribution in [0.3, 0.4) is 0 Å². The number of hydrogen-bond acceptors (Lipinski definition) is 4. The molecule has 34 heavy (non-hydrogen) atoms. The molecule has 0 saturated carbocycles. The number of rotatable bonds is 6. The fourth-order valence-electron chi connectivity index (χ4n) is 5.21. The molecule has 0 radical (unpaired) electrons. The van der Waals surface area contributed by atoms with Crippen molar-refractivity contribution in [2.24, 2.45) is 0 Å². The van der Waals surface area contributed by atoms with Crippen LogP contribution in [-0.2, 0) is 0 Å². The molecule has 1 amide bonds. The molecule has 0 spiro atoms. The van der Waals surface area contributed by atoms with E-state index in [-0.39, 0.29) is 40.9 Å². The fraction of sp³-hybridized carbons (Fsp3) is 0.346. The summed E-state index contributed by atoms with van der Waals surface area (Å²) in [5.41, 5.74) is 1.31. The van der Waals surface area contributed by atoms with Gasteiger partial charge in [0.25, 0.3) is 5.91 Å². The lowest BCUT2D eigenvalue weighted by atomic mass is 9.80. The zero-order valence-corrected chi connectivity index (χ0v) is 18.8. The molecule has 176 valence electrons. The van der Waals surface area contributed by atoms with Gasteiger partial charge in [-0.1, -0.05) is 31.2 Å². The van der Waals surface area contributed by atoms with Crippen LogP contribution in [0.4, 0.5) is 8.78 Å². The Kier molecular flexibility index (Phi) is 5.89. The van der Waals surface area contributed by atoms with E-state index in [4.69, 9.17) is 4.74 Å². The molecule has 5 rings (SSSR count). The van der Waals surface area contributed by atoms with Gasteiger partial charge < -0.3 is 9.64 Å². The number of fused-ring (bicyclic) bond motifs is 2. The van der Waals surface area contributed by atoms with Gasteiger partial charge in [-0.05, 0) is 54.7 Å². The summed E-state index contributed by atoms with van der Waals surface area (Å²) in [6.45, 7) is 2.79. The zero-order chi connectivity index (χ0) is 23.8. The predicted octanol–water partition coefficient (Wildman–Crippen LogP) is 4.30. The number of carbonyl (C=O) groups excluding carboxylic acids is 1. The summed E-state index contributed by atoms with van der Waals surface area (Å²) in [6, 6.07) is 11.8. The number of benzene rings is 2.